The van der Waals surface area contributed by atoms with Gasteiger partial charge in [-0.05, 0) is 32.0 Å². The topological polar surface area (TPSA) is 12.0 Å². The van der Waals surface area contributed by atoms with E-state index in [4.69, 9.17) is 11.6 Å². The van der Waals surface area contributed by atoms with Crippen molar-refractivity contribution in [2.24, 2.45) is 0 Å². The van der Waals surface area contributed by atoms with Crippen LogP contribution in [0.4, 0.5) is 10.1 Å². The highest BCUT2D eigenvalue weighted by Gasteiger charge is 1.99. The van der Waals surface area contributed by atoms with E-state index in [-0.39, 0.29) is 5.82 Å². The Kier molecular flexibility index (Phi) is 3.96. The van der Waals surface area contributed by atoms with Crippen LogP contribution in [-0.4, -0.2) is 6.54 Å². The average molecular weight is 214 g/mol. The summed E-state index contributed by atoms with van der Waals surface area (Å²) in [4.78, 5) is 0. The molecule has 0 aliphatic heterocycles. The lowest BCUT2D eigenvalue weighted by atomic mass is 10.3. The van der Waals surface area contributed by atoms with E-state index in [1.54, 1.807) is 6.07 Å². The van der Waals surface area contributed by atoms with Crippen molar-refractivity contribution in [3.05, 3.63) is 40.7 Å². The van der Waals surface area contributed by atoms with Crippen LogP contribution in [0.25, 0.3) is 0 Å². The zero-order chi connectivity index (χ0) is 10.6. The van der Waals surface area contributed by atoms with Crippen LogP contribution in [0.2, 0.25) is 5.02 Å². The third-order valence-electron chi connectivity index (χ3n) is 1.73. The first-order valence-electron chi connectivity index (χ1n) is 4.42. The SMILES string of the molecule is CC(C)=CCNc1ccc(F)cc1Cl. The minimum atomic E-state index is -0.317. The molecular weight excluding hydrogens is 201 g/mol. The number of hydrogen-bond donors (Lipinski definition) is 1. The van der Waals surface area contributed by atoms with Crippen LogP contribution < -0.4 is 5.32 Å². The second-order valence-corrected chi connectivity index (χ2v) is 3.69. The van der Waals surface area contributed by atoms with E-state index < -0.39 is 0 Å². The molecule has 0 fully saturated rings. The highest BCUT2D eigenvalue weighted by molar-refractivity contribution is 6.33. The summed E-state index contributed by atoms with van der Waals surface area (Å²) in [6, 6.07) is 4.32. The third kappa shape index (κ3) is 3.38. The molecule has 0 aromatic heterocycles. The van der Waals surface area contributed by atoms with E-state index in [0.29, 0.717) is 11.6 Å². The second kappa shape index (κ2) is 5.01. The predicted octanol–water partition coefficient (Wildman–Crippen LogP) is 3.86. The van der Waals surface area contributed by atoms with Crippen molar-refractivity contribution in [2.75, 3.05) is 11.9 Å². The molecule has 1 N–H and O–H groups in total. The number of halogens is 2. The van der Waals surface area contributed by atoms with Gasteiger partial charge in [0.25, 0.3) is 0 Å². The quantitative estimate of drug-likeness (QED) is 0.752. The van der Waals surface area contributed by atoms with Gasteiger partial charge >= 0.3 is 0 Å². The minimum absolute atomic E-state index is 0.317. The average Bonchev–Trinajstić information content (AvgIpc) is 2.08. The molecule has 0 atom stereocenters. The fourth-order valence-corrected chi connectivity index (χ4v) is 1.23. The van der Waals surface area contributed by atoms with Crippen molar-refractivity contribution in [1.82, 2.24) is 0 Å². The van der Waals surface area contributed by atoms with Crippen molar-refractivity contribution in [3.8, 4) is 0 Å². The summed E-state index contributed by atoms with van der Waals surface area (Å²) in [5, 5.41) is 3.51. The van der Waals surface area contributed by atoms with E-state index in [9.17, 15) is 4.39 Å². The lowest BCUT2D eigenvalue weighted by Crippen LogP contribution is -1.99. The Morgan fingerprint density at radius 1 is 1.50 bits per heavy atom. The van der Waals surface area contributed by atoms with Crippen LogP contribution in [0.1, 0.15) is 13.8 Å². The van der Waals surface area contributed by atoms with Crippen molar-refractivity contribution in [1.29, 1.82) is 0 Å². The third-order valence-corrected chi connectivity index (χ3v) is 2.05. The summed E-state index contributed by atoms with van der Waals surface area (Å²) in [5.41, 5.74) is 1.99. The number of allylic oxidation sites excluding steroid dienone is 1. The van der Waals surface area contributed by atoms with E-state index in [2.05, 4.69) is 5.32 Å². The van der Waals surface area contributed by atoms with Crippen LogP contribution in [0.15, 0.2) is 29.8 Å². The van der Waals surface area contributed by atoms with Gasteiger partial charge in [-0.15, -0.1) is 0 Å². The number of benzene rings is 1. The first kappa shape index (κ1) is 11.1. The van der Waals surface area contributed by atoms with Crippen LogP contribution in [0, 0.1) is 5.82 Å². The molecule has 0 bridgehead atoms. The Morgan fingerprint density at radius 3 is 2.79 bits per heavy atom. The maximum atomic E-state index is 12.7. The summed E-state index contributed by atoms with van der Waals surface area (Å²) in [7, 11) is 0. The Labute approximate surface area is 88.6 Å². The monoisotopic (exact) mass is 213 g/mol. The maximum absolute atomic E-state index is 12.7. The van der Waals surface area contributed by atoms with Crippen molar-refractivity contribution in [3.63, 3.8) is 0 Å². The summed E-state index contributed by atoms with van der Waals surface area (Å²) >= 11 is 5.82. The largest absolute Gasteiger partial charge is 0.380 e. The zero-order valence-electron chi connectivity index (χ0n) is 8.27. The summed E-state index contributed by atoms with van der Waals surface area (Å²) in [6.07, 6.45) is 2.04. The maximum Gasteiger partial charge on any atom is 0.124 e. The number of hydrogen-bond acceptors (Lipinski definition) is 1. The predicted molar refractivity (Wildman–Crippen MR) is 59.3 cm³/mol. The van der Waals surface area contributed by atoms with Gasteiger partial charge in [0.05, 0.1) is 10.7 Å². The van der Waals surface area contributed by atoms with Gasteiger partial charge in [0.1, 0.15) is 5.82 Å². The number of nitrogens with one attached hydrogen (secondary N) is 1. The Morgan fingerprint density at radius 2 is 2.21 bits per heavy atom. The normalized spacial score (nSPS) is 9.71. The fraction of sp³-hybridized carbons (Fsp3) is 0.273. The summed E-state index contributed by atoms with van der Waals surface area (Å²) < 4.78 is 12.7. The lowest BCUT2D eigenvalue weighted by Gasteiger charge is -2.05. The number of anilines is 1. The van der Waals surface area contributed by atoms with Crippen LogP contribution in [0.5, 0.6) is 0 Å². The summed E-state index contributed by atoms with van der Waals surface area (Å²) in [6.45, 7) is 4.75. The fourth-order valence-electron chi connectivity index (χ4n) is 0.998. The van der Waals surface area contributed by atoms with Gasteiger partial charge in [-0.25, -0.2) is 4.39 Å². The highest BCUT2D eigenvalue weighted by Crippen LogP contribution is 2.21. The molecule has 0 aliphatic rings. The van der Waals surface area contributed by atoms with Crippen molar-refractivity contribution in [2.45, 2.75) is 13.8 Å². The van der Waals surface area contributed by atoms with Gasteiger partial charge in [-0.1, -0.05) is 23.3 Å². The molecule has 76 valence electrons. The van der Waals surface area contributed by atoms with E-state index >= 15 is 0 Å². The molecule has 0 amide bonds. The molecule has 14 heavy (non-hydrogen) atoms. The molecule has 0 spiro atoms. The van der Waals surface area contributed by atoms with Gasteiger partial charge in [-0.2, -0.15) is 0 Å². The first-order valence-corrected chi connectivity index (χ1v) is 4.79. The van der Waals surface area contributed by atoms with Gasteiger partial charge in [0, 0.05) is 6.54 Å². The lowest BCUT2D eigenvalue weighted by molar-refractivity contribution is 0.628. The molecule has 0 radical (unpaired) electrons. The molecule has 0 saturated carbocycles. The molecule has 0 saturated heterocycles. The minimum Gasteiger partial charge on any atom is -0.380 e. The molecule has 1 nitrogen and oxygen atoms in total. The molecule has 1 rings (SSSR count). The van der Waals surface area contributed by atoms with Crippen molar-refractivity contribution < 1.29 is 4.39 Å². The smallest absolute Gasteiger partial charge is 0.124 e. The highest BCUT2D eigenvalue weighted by atomic mass is 35.5. The Bertz CT molecular complexity index is 343. The van der Waals surface area contributed by atoms with E-state index in [1.807, 2.05) is 19.9 Å². The van der Waals surface area contributed by atoms with Gasteiger partial charge in [0.15, 0.2) is 0 Å². The molecule has 0 unspecified atom stereocenters. The molecular formula is C11H13ClFN. The molecule has 1 aromatic rings. The second-order valence-electron chi connectivity index (χ2n) is 3.29. The van der Waals surface area contributed by atoms with Crippen LogP contribution >= 0.6 is 11.6 Å². The van der Waals surface area contributed by atoms with Gasteiger partial charge < -0.3 is 5.32 Å². The molecule has 3 heteroatoms. The van der Waals surface area contributed by atoms with Crippen LogP contribution in [0.3, 0.4) is 0 Å². The van der Waals surface area contributed by atoms with Gasteiger partial charge in [0.2, 0.25) is 0 Å². The van der Waals surface area contributed by atoms with E-state index in [1.165, 1.54) is 17.7 Å². The standard InChI is InChI=1S/C11H13ClFN/c1-8(2)5-6-14-11-4-3-9(13)7-10(11)12/h3-5,7,14H,6H2,1-2H3. The van der Waals surface area contributed by atoms with Crippen LogP contribution in [-0.2, 0) is 0 Å². The molecule has 0 heterocycles. The van der Waals surface area contributed by atoms with Gasteiger partial charge in [-0.3, -0.25) is 0 Å². The first-order chi connectivity index (χ1) is 6.59. The zero-order valence-corrected chi connectivity index (χ0v) is 9.03. The van der Waals surface area contributed by atoms with E-state index in [0.717, 1.165) is 5.69 Å². The Hall–Kier alpha value is -1.02. The molecule has 1 aromatic carbocycles. The summed E-state index contributed by atoms with van der Waals surface area (Å²) in [5.74, 6) is -0.317. The number of rotatable bonds is 3. The molecule has 0 aliphatic carbocycles. The Balaban J connectivity index is 2.64. The van der Waals surface area contributed by atoms with Crippen molar-refractivity contribution >= 4 is 17.3 Å².